The molecule has 1 aromatic carbocycles. The first kappa shape index (κ1) is 21.7. The largest absolute Gasteiger partial charge is 0.493 e. The standard InChI is InChI=1S/C20H30N4O4/c1-20(2,11-21)12-23(3)18(25)7-6-8-24-13-22-15-10-17(28-5)16(27-4)9-14(15)19(24)26/h9-10,13H,6-8,11-12,21H2,1-5H3. The third-order valence-electron chi connectivity index (χ3n) is 4.76. The van der Waals surface area contributed by atoms with E-state index >= 15 is 0 Å². The molecule has 1 amide bonds. The van der Waals surface area contributed by atoms with E-state index in [1.54, 1.807) is 24.1 Å². The molecule has 0 saturated carbocycles. The minimum atomic E-state index is -0.170. The Morgan fingerprint density at radius 1 is 1.25 bits per heavy atom. The van der Waals surface area contributed by atoms with Crippen LogP contribution in [0.25, 0.3) is 10.9 Å². The number of amides is 1. The molecule has 8 nitrogen and oxygen atoms in total. The number of aromatic nitrogens is 2. The summed E-state index contributed by atoms with van der Waals surface area (Å²) >= 11 is 0. The Kier molecular flexibility index (Phi) is 7.01. The van der Waals surface area contributed by atoms with Gasteiger partial charge in [0.15, 0.2) is 11.5 Å². The van der Waals surface area contributed by atoms with Crippen LogP contribution in [0, 0.1) is 5.41 Å². The maximum Gasteiger partial charge on any atom is 0.261 e. The molecule has 0 aliphatic heterocycles. The molecule has 0 radical (unpaired) electrons. The van der Waals surface area contributed by atoms with Gasteiger partial charge in [0.25, 0.3) is 5.56 Å². The van der Waals surface area contributed by atoms with Crippen LogP contribution in [0.2, 0.25) is 0 Å². The predicted octanol–water partition coefficient (Wildman–Crippen LogP) is 1.64. The number of nitrogens with two attached hydrogens (primary N) is 1. The fraction of sp³-hybridized carbons (Fsp3) is 0.550. The lowest BCUT2D eigenvalue weighted by atomic mass is 9.93. The van der Waals surface area contributed by atoms with E-state index < -0.39 is 0 Å². The van der Waals surface area contributed by atoms with Crippen LogP contribution in [0.5, 0.6) is 11.5 Å². The van der Waals surface area contributed by atoms with Crippen molar-refractivity contribution in [2.24, 2.45) is 11.1 Å². The second-order valence-corrected chi connectivity index (χ2v) is 7.69. The summed E-state index contributed by atoms with van der Waals surface area (Å²) in [6.07, 6.45) is 2.41. The van der Waals surface area contributed by atoms with Gasteiger partial charge >= 0.3 is 0 Å². The third-order valence-corrected chi connectivity index (χ3v) is 4.76. The van der Waals surface area contributed by atoms with E-state index in [4.69, 9.17) is 15.2 Å². The predicted molar refractivity (Wildman–Crippen MR) is 109 cm³/mol. The van der Waals surface area contributed by atoms with Gasteiger partial charge in [-0.1, -0.05) is 13.8 Å². The van der Waals surface area contributed by atoms with Crippen molar-refractivity contribution >= 4 is 16.8 Å². The van der Waals surface area contributed by atoms with E-state index in [1.165, 1.54) is 25.1 Å². The lowest BCUT2D eigenvalue weighted by Gasteiger charge is -2.29. The van der Waals surface area contributed by atoms with Crippen LogP contribution >= 0.6 is 0 Å². The summed E-state index contributed by atoms with van der Waals surface area (Å²) in [5.41, 5.74) is 5.98. The molecular formula is C20H30N4O4. The summed E-state index contributed by atoms with van der Waals surface area (Å²) in [4.78, 5) is 31.1. The highest BCUT2D eigenvalue weighted by Gasteiger charge is 2.21. The fourth-order valence-electron chi connectivity index (χ4n) is 3.03. The van der Waals surface area contributed by atoms with Crippen LogP contribution in [-0.2, 0) is 11.3 Å². The van der Waals surface area contributed by atoms with Gasteiger partial charge < -0.3 is 20.1 Å². The third kappa shape index (κ3) is 5.01. The Balaban J connectivity index is 2.07. The van der Waals surface area contributed by atoms with Crippen molar-refractivity contribution in [2.45, 2.75) is 33.2 Å². The van der Waals surface area contributed by atoms with Gasteiger partial charge in [-0.05, 0) is 24.4 Å². The number of aryl methyl sites for hydroxylation is 1. The normalized spacial score (nSPS) is 11.5. The monoisotopic (exact) mass is 390 g/mol. The molecule has 0 unspecified atom stereocenters. The summed E-state index contributed by atoms with van der Waals surface area (Å²) in [7, 11) is 4.84. The molecule has 1 heterocycles. The van der Waals surface area contributed by atoms with Crippen LogP contribution in [0.4, 0.5) is 0 Å². The smallest absolute Gasteiger partial charge is 0.261 e. The van der Waals surface area contributed by atoms with E-state index in [-0.39, 0.29) is 16.9 Å². The van der Waals surface area contributed by atoms with Crippen molar-refractivity contribution in [2.75, 3.05) is 34.4 Å². The summed E-state index contributed by atoms with van der Waals surface area (Å²) in [6.45, 7) is 5.58. The van der Waals surface area contributed by atoms with Crippen molar-refractivity contribution in [3.8, 4) is 11.5 Å². The Morgan fingerprint density at radius 2 is 1.89 bits per heavy atom. The van der Waals surface area contributed by atoms with Crippen LogP contribution < -0.4 is 20.8 Å². The molecule has 0 saturated heterocycles. The van der Waals surface area contributed by atoms with Crippen LogP contribution in [0.15, 0.2) is 23.3 Å². The van der Waals surface area contributed by atoms with Crippen molar-refractivity contribution in [1.29, 1.82) is 0 Å². The van der Waals surface area contributed by atoms with Gasteiger partial charge in [-0.25, -0.2) is 4.98 Å². The molecular weight excluding hydrogens is 360 g/mol. The van der Waals surface area contributed by atoms with E-state index in [2.05, 4.69) is 4.98 Å². The molecule has 1 aromatic heterocycles. The molecule has 28 heavy (non-hydrogen) atoms. The van der Waals surface area contributed by atoms with E-state index in [0.717, 1.165) is 0 Å². The van der Waals surface area contributed by atoms with Crippen molar-refractivity contribution in [3.63, 3.8) is 0 Å². The molecule has 8 heteroatoms. The zero-order valence-electron chi connectivity index (χ0n) is 17.3. The Morgan fingerprint density at radius 3 is 2.50 bits per heavy atom. The molecule has 0 spiro atoms. The maximum absolute atomic E-state index is 12.7. The number of fused-ring (bicyclic) bond motifs is 1. The molecule has 154 valence electrons. The van der Waals surface area contributed by atoms with Crippen molar-refractivity contribution in [1.82, 2.24) is 14.5 Å². The average Bonchev–Trinajstić information content (AvgIpc) is 2.68. The second kappa shape index (κ2) is 9.05. The lowest BCUT2D eigenvalue weighted by molar-refractivity contribution is -0.131. The SMILES string of the molecule is COc1cc2ncn(CCCC(=O)N(C)CC(C)(C)CN)c(=O)c2cc1OC. The van der Waals surface area contributed by atoms with Gasteiger partial charge in [-0.3, -0.25) is 14.2 Å². The molecule has 0 fully saturated rings. The number of ether oxygens (including phenoxy) is 2. The molecule has 2 aromatic rings. The maximum atomic E-state index is 12.7. The first-order valence-electron chi connectivity index (χ1n) is 9.27. The summed E-state index contributed by atoms with van der Waals surface area (Å²) in [5.74, 6) is 1.04. The molecule has 0 atom stereocenters. The second-order valence-electron chi connectivity index (χ2n) is 7.69. The number of methoxy groups -OCH3 is 2. The van der Waals surface area contributed by atoms with Crippen LogP contribution in [0.3, 0.4) is 0 Å². The van der Waals surface area contributed by atoms with Gasteiger partial charge in [-0.15, -0.1) is 0 Å². The number of benzene rings is 1. The summed E-state index contributed by atoms with van der Waals surface area (Å²) in [6, 6.07) is 3.31. The van der Waals surface area contributed by atoms with Crippen LogP contribution in [-0.4, -0.2) is 54.7 Å². The zero-order chi connectivity index (χ0) is 20.9. The summed E-state index contributed by atoms with van der Waals surface area (Å²) < 4.78 is 12.0. The number of hydrogen-bond acceptors (Lipinski definition) is 6. The van der Waals surface area contributed by atoms with Crippen LogP contribution in [0.1, 0.15) is 26.7 Å². The van der Waals surface area contributed by atoms with Gasteiger partial charge in [0, 0.05) is 32.6 Å². The van der Waals surface area contributed by atoms with Gasteiger partial charge in [-0.2, -0.15) is 0 Å². The minimum absolute atomic E-state index is 0.0368. The highest BCUT2D eigenvalue weighted by atomic mass is 16.5. The van der Waals surface area contributed by atoms with E-state index in [9.17, 15) is 9.59 Å². The lowest BCUT2D eigenvalue weighted by Crippen LogP contribution is -2.39. The number of carbonyl (C=O) groups is 1. The van der Waals surface area contributed by atoms with Gasteiger partial charge in [0.2, 0.25) is 5.91 Å². The minimum Gasteiger partial charge on any atom is -0.493 e. The topological polar surface area (TPSA) is 99.7 Å². The quantitative estimate of drug-likeness (QED) is 0.699. The first-order valence-corrected chi connectivity index (χ1v) is 9.27. The average molecular weight is 390 g/mol. The number of carbonyl (C=O) groups excluding carboxylic acids is 1. The number of hydrogen-bond donors (Lipinski definition) is 1. The summed E-state index contributed by atoms with van der Waals surface area (Å²) in [5, 5.41) is 0.452. The molecule has 0 bridgehead atoms. The highest BCUT2D eigenvalue weighted by molar-refractivity contribution is 5.81. The Hall–Kier alpha value is -2.61. The van der Waals surface area contributed by atoms with Crippen molar-refractivity contribution in [3.05, 3.63) is 28.8 Å². The van der Waals surface area contributed by atoms with Gasteiger partial charge in [0.1, 0.15) is 0 Å². The van der Waals surface area contributed by atoms with Crippen molar-refractivity contribution < 1.29 is 14.3 Å². The fourth-order valence-corrected chi connectivity index (χ4v) is 3.03. The Labute approximate surface area is 165 Å². The molecule has 2 rings (SSSR count). The van der Waals surface area contributed by atoms with E-state index in [0.29, 0.717) is 54.9 Å². The molecule has 0 aliphatic carbocycles. The zero-order valence-corrected chi connectivity index (χ0v) is 17.3. The first-order chi connectivity index (χ1) is 13.2. The number of nitrogens with zero attached hydrogens (tertiary/aromatic N) is 3. The molecule has 0 aliphatic rings. The molecule has 2 N–H and O–H groups in total. The van der Waals surface area contributed by atoms with E-state index in [1.807, 2.05) is 13.8 Å². The number of rotatable bonds is 9. The Bertz CT molecular complexity index is 892. The highest BCUT2D eigenvalue weighted by Crippen LogP contribution is 2.29. The van der Waals surface area contributed by atoms with Gasteiger partial charge in [0.05, 0.1) is 31.4 Å².